The summed E-state index contributed by atoms with van der Waals surface area (Å²) >= 11 is 0. The van der Waals surface area contributed by atoms with Gasteiger partial charge in [-0.2, -0.15) is 0 Å². The van der Waals surface area contributed by atoms with Crippen LogP contribution in [0.2, 0.25) is 0 Å². The van der Waals surface area contributed by atoms with Crippen molar-refractivity contribution < 1.29 is 4.79 Å². The van der Waals surface area contributed by atoms with Gasteiger partial charge in [0, 0.05) is 0 Å². The van der Waals surface area contributed by atoms with E-state index in [0.717, 1.165) is 38.6 Å². The summed E-state index contributed by atoms with van der Waals surface area (Å²) in [6.45, 7) is 5.21. The maximum Gasteiger partial charge on any atom is 0.240 e. The topological polar surface area (TPSA) is 41.1 Å². The van der Waals surface area contributed by atoms with Gasteiger partial charge in [0.25, 0.3) is 0 Å². The van der Waals surface area contributed by atoms with Crippen molar-refractivity contribution in [2.24, 2.45) is 0 Å². The Morgan fingerprint density at radius 3 is 2.65 bits per heavy atom. The lowest BCUT2D eigenvalue weighted by molar-refractivity contribution is -0.128. The normalized spacial score (nSPS) is 23.5. The third kappa shape index (κ3) is 3.21. The summed E-state index contributed by atoms with van der Waals surface area (Å²) in [5.74, 6) is 0.174. The van der Waals surface area contributed by atoms with Gasteiger partial charge in [-0.05, 0) is 37.8 Å². The van der Waals surface area contributed by atoms with Crippen molar-refractivity contribution in [3.63, 3.8) is 0 Å². The van der Waals surface area contributed by atoms with E-state index >= 15 is 0 Å². The Hall–Kier alpha value is -1.35. The molecule has 1 amide bonds. The summed E-state index contributed by atoms with van der Waals surface area (Å²) in [6, 6.07) is 10.3. The summed E-state index contributed by atoms with van der Waals surface area (Å²) in [4.78, 5) is 12.7. The van der Waals surface area contributed by atoms with Crippen molar-refractivity contribution in [1.29, 1.82) is 0 Å². The lowest BCUT2D eigenvalue weighted by Crippen LogP contribution is -2.54. The molecule has 2 rings (SSSR count). The Bertz CT molecular complexity index is 424. The van der Waals surface area contributed by atoms with Gasteiger partial charge in [-0.15, -0.1) is 0 Å². The molecular weight excluding hydrogens is 248 g/mol. The molecule has 3 heteroatoms. The van der Waals surface area contributed by atoms with Crippen LogP contribution in [0.5, 0.6) is 0 Å². The summed E-state index contributed by atoms with van der Waals surface area (Å²) in [5.41, 5.74) is 0.852. The molecule has 1 aromatic rings. The van der Waals surface area contributed by atoms with E-state index in [2.05, 4.69) is 36.6 Å². The van der Waals surface area contributed by atoms with E-state index < -0.39 is 0 Å². The van der Waals surface area contributed by atoms with Crippen molar-refractivity contribution in [1.82, 2.24) is 10.6 Å². The third-order valence-corrected chi connectivity index (χ3v) is 4.27. The van der Waals surface area contributed by atoms with Gasteiger partial charge in [0.1, 0.15) is 0 Å². The van der Waals surface area contributed by atoms with Crippen molar-refractivity contribution in [3.05, 3.63) is 35.9 Å². The molecule has 1 aliphatic heterocycles. The molecule has 110 valence electrons. The molecule has 0 radical (unpaired) electrons. The quantitative estimate of drug-likeness (QED) is 0.836. The van der Waals surface area contributed by atoms with E-state index in [9.17, 15) is 4.79 Å². The fourth-order valence-corrected chi connectivity index (χ4v) is 3.16. The van der Waals surface area contributed by atoms with Gasteiger partial charge in [-0.3, -0.25) is 4.79 Å². The van der Waals surface area contributed by atoms with E-state index in [4.69, 9.17) is 0 Å². The predicted molar refractivity (Wildman–Crippen MR) is 82.5 cm³/mol. The van der Waals surface area contributed by atoms with Crippen LogP contribution in [0.25, 0.3) is 0 Å². The zero-order chi connectivity index (χ0) is 14.4. The van der Waals surface area contributed by atoms with Gasteiger partial charge >= 0.3 is 0 Å². The minimum absolute atomic E-state index is 0.111. The van der Waals surface area contributed by atoms with Crippen LogP contribution >= 0.6 is 0 Å². The average Bonchev–Trinajstić information content (AvgIpc) is 2.96. The number of hydrogen-bond donors (Lipinski definition) is 2. The molecule has 0 aromatic heterocycles. The number of carbonyl (C=O) groups excluding carboxylic acids is 1. The maximum absolute atomic E-state index is 12.7. The first kappa shape index (κ1) is 15.0. The fraction of sp³-hybridized carbons (Fsp3) is 0.588. The Balaban J connectivity index is 2.08. The van der Waals surface area contributed by atoms with E-state index in [1.54, 1.807) is 0 Å². The third-order valence-electron chi connectivity index (χ3n) is 4.27. The Kier molecular flexibility index (Phi) is 5.18. The number of rotatable bonds is 6. The smallest absolute Gasteiger partial charge is 0.240 e. The van der Waals surface area contributed by atoms with Gasteiger partial charge in [0.2, 0.25) is 5.91 Å². The second kappa shape index (κ2) is 6.89. The largest absolute Gasteiger partial charge is 0.348 e. The van der Waals surface area contributed by atoms with Crippen LogP contribution in [-0.2, 0) is 4.79 Å². The monoisotopic (exact) mass is 274 g/mol. The first-order valence-corrected chi connectivity index (χ1v) is 7.83. The zero-order valence-electron chi connectivity index (χ0n) is 12.6. The summed E-state index contributed by atoms with van der Waals surface area (Å²) < 4.78 is 0. The number of carbonyl (C=O) groups is 1. The standard InChI is InChI=1S/C17H26N2O/c1-3-11-17(12-8-13-18-17)16(20)19-15(4-2)14-9-6-5-7-10-14/h5-7,9-10,15,18H,3-4,8,11-13H2,1-2H3,(H,19,20). The van der Waals surface area contributed by atoms with Crippen molar-refractivity contribution in [3.8, 4) is 0 Å². The lowest BCUT2D eigenvalue weighted by Gasteiger charge is -2.30. The minimum atomic E-state index is -0.336. The van der Waals surface area contributed by atoms with E-state index in [0.29, 0.717) is 0 Å². The number of benzene rings is 1. The highest BCUT2D eigenvalue weighted by Crippen LogP contribution is 2.27. The van der Waals surface area contributed by atoms with Gasteiger partial charge in [0.05, 0.1) is 11.6 Å². The molecule has 1 aliphatic rings. The van der Waals surface area contributed by atoms with Crippen LogP contribution in [0.15, 0.2) is 30.3 Å². The van der Waals surface area contributed by atoms with Gasteiger partial charge in [-0.1, -0.05) is 50.6 Å². The van der Waals surface area contributed by atoms with Crippen LogP contribution in [0, 0.1) is 0 Å². The summed E-state index contributed by atoms with van der Waals surface area (Å²) in [6.07, 6.45) is 4.91. The van der Waals surface area contributed by atoms with Crippen LogP contribution in [0.3, 0.4) is 0 Å². The number of amides is 1. The van der Waals surface area contributed by atoms with Gasteiger partial charge in [-0.25, -0.2) is 0 Å². The van der Waals surface area contributed by atoms with Crippen LogP contribution in [0.1, 0.15) is 57.6 Å². The average molecular weight is 274 g/mol. The highest BCUT2D eigenvalue weighted by Gasteiger charge is 2.40. The molecule has 20 heavy (non-hydrogen) atoms. The van der Waals surface area contributed by atoms with Gasteiger partial charge < -0.3 is 10.6 Å². The van der Waals surface area contributed by atoms with Crippen molar-refractivity contribution in [2.45, 2.75) is 57.5 Å². The Morgan fingerprint density at radius 2 is 2.10 bits per heavy atom. The van der Waals surface area contributed by atoms with E-state index in [-0.39, 0.29) is 17.5 Å². The van der Waals surface area contributed by atoms with E-state index in [1.165, 1.54) is 5.56 Å². The molecule has 0 bridgehead atoms. The highest BCUT2D eigenvalue weighted by molar-refractivity contribution is 5.87. The van der Waals surface area contributed by atoms with Crippen LogP contribution in [0.4, 0.5) is 0 Å². The van der Waals surface area contributed by atoms with Crippen molar-refractivity contribution >= 4 is 5.91 Å². The molecule has 1 saturated heterocycles. The molecule has 0 aliphatic carbocycles. The molecule has 2 N–H and O–H groups in total. The lowest BCUT2D eigenvalue weighted by atomic mass is 9.90. The Labute approximate surface area is 122 Å². The molecule has 2 unspecified atom stereocenters. The minimum Gasteiger partial charge on any atom is -0.348 e. The van der Waals surface area contributed by atoms with Crippen LogP contribution < -0.4 is 10.6 Å². The first-order chi connectivity index (χ1) is 9.72. The molecule has 1 aromatic carbocycles. The zero-order valence-corrected chi connectivity index (χ0v) is 12.6. The number of hydrogen-bond acceptors (Lipinski definition) is 2. The predicted octanol–water partition coefficient (Wildman–Crippen LogP) is 3.18. The molecule has 1 fully saturated rings. The molecule has 2 atom stereocenters. The SMILES string of the molecule is CCCC1(C(=O)NC(CC)c2ccccc2)CCCN1. The Morgan fingerprint density at radius 1 is 1.35 bits per heavy atom. The number of nitrogens with one attached hydrogen (secondary N) is 2. The van der Waals surface area contributed by atoms with Gasteiger partial charge in [0.15, 0.2) is 0 Å². The second-order valence-electron chi connectivity index (χ2n) is 5.71. The molecular formula is C17H26N2O. The van der Waals surface area contributed by atoms with Crippen molar-refractivity contribution in [2.75, 3.05) is 6.54 Å². The summed E-state index contributed by atoms with van der Waals surface area (Å²) in [5, 5.41) is 6.69. The highest BCUT2D eigenvalue weighted by atomic mass is 16.2. The fourth-order valence-electron chi connectivity index (χ4n) is 3.16. The van der Waals surface area contributed by atoms with E-state index in [1.807, 2.05) is 18.2 Å². The molecule has 0 spiro atoms. The molecule has 3 nitrogen and oxygen atoms in total. The second-order valence-corrected chi connectivity index (χ2v) is 5.71. The summed E-state index contributed by atoms with van der Waals surface area (Å²) in [7, 11) is 0. The van der Waals surface area contributed by atoms with Crippen LogP contribution in [-0.4, -0.2) is 18.0 Å². The molecule has 0 saturated carbocycles. The molecule has 1 heterocycles. The maximum atomic E-state index is 12.7. The first-order valence-electron chi connectivity index (χ1n) is 7.83.